The highest BCUT2D eigenvalue weighted by atomic mass is 19.2. The summed E-state index contributed by atoms with van der Waals surface area (Å²) in [6, 6.07) is 5.19. The van der Waals surface area contributed by atoms with Gasteiger partial charge in [0.15, 0.2) is 17.9 Å². The van der Waals surface area contributed by atoms with Gasteiger partial charge < -0.3 is 0 Å². The zero-order valence-electron chi connectivity index (χ0n) is 8.23. The van der Waals surface area contributed by atoms with E-state index in [0.29, 0.717) is 24.1 Å². The van der Waals surface area contributed by atoms with Crippen molar-refractivity contribution in [2.24, 2.45) is 0 Å². The number of carbonyl (C=O) groups excluding carboxylic acids is 1. The van der Waals surface area contributed by atoms with Gasteiger partial charge in [-0.2, -0.15) is 5.10 Å². The number of benzene rings is 1. The third-order valence-electron chi connectivity index (χ3n) is 2.11. The number of carbonyl (C=O) groups is 1. The van der Waals surface area contributed by atoms with Gasteiger partial charge in [0, 0.05) is 6.20 Å². The Balaban J connectivity index is 2.20. The molecular formula is C11H8F2N2O. The first-order chi connectivity index (χ1) is 7.69. The summed E-state index contributed by atoms with van der Waals surface area (Å²) in [5, 5.41) is 3.91. The van der Waals surface area contributed by atoms with Crippen LogP contribution in [0.5, 0.6) is 0 Å². The largest absolute Gasteiger partial charge is 0.296 e. The van der Waals surface area contributed by atoms with Crippen molar-refractivity contribution in [3.63, 3.8) is 0 Å². The Labute approximate surface area is 90.3 Å². The van der Waals surface area contributed by atoms with E-state index >= 15 is 0 Å². The fourth-order valence-corrected chi connectivity index (χ4v) is 1.35. The van der Waals surface area contributed by atoms with Gasteiger partial charge in [0.2, 0.25) is 0 Å². The quantitative estimate of drug-likeness (QED) is 0.744. The van der Waals surface area contributed by atoms with Gasteiger partial charge in [0.1, 0.15) is 5.69 Å². The van der Waals surface area contributed by atoms with Crippen LogP contribution in [-0.4, -0.2) is 16.1 Å². The lowest BCUT2D eigenvalue weighted by atomic mass is 10.2. The van der Waals surface area contributed by atoms with Crippen LogP contribution >= 0.6 is 0 Å². The van der Waals surface area contributed by atoms with Gasteiger partial charge in [-0.1, -0.05) is 6.07 Å². The third-order valence-corrected chi connectivity index (χ3v) is 2.11. The van der Waals surface area contributed by atoms with Gasteiger partial charge in [-0.25, -0.2) is 8.78 Å². The molecule has 0 fully saturated rings. The first-order valence-corrected chi connectivity index (χ1v) is 4.61. The summed E-state index contributed by atoms with van der Waals surface area (Å²) < 4.78 is 27.0. The van der Waals surface area contributed by atoms with Gasteiger partial charge in [0.25, 0.3) is 0 Å². The van der Waals surface area contributed by atoms with Crippen molar-refractivity contribution in [1.29, 1.82) is 0 Å². The standard InChI is InChI=1S/C11H8F2N2O/c12-10-2-1-8(5-11(10)13)6-15-4-3-9(7-16)14-15/h1-5,7H,6H2. The van der Waals surface area contributed by atoms with Crippen LogP contribution in [0.25, 0.3) is 0 Å². The SMILES string of the molecule is O=Cc1ccn(Cc2ccc(F)c(F)c2)n1. The van der Waals surface area contributed by atoms with E-state index in [4.69, 9.17) is 0 Å². The van der Waals surface area contributed by atoms with Crippen LogP contribution in [0.4, 0.5) is 8.78 Å². The Kier molecular flexibility index (Phi) is 2.76. The smallest absolute Gasteiger partial charge is 0.170 e. The zero-order chi connectivity index (χ0) is 11.5. The molecule has 0 radical (unpaired) electrons. The summed E-state index contributed by atoms with van der Waals surface area (Å²) in [4.78, 5) is 10.4. The average molecular weight is 222 g/mol. The van der Waals surface area contributed by atoms with Crippen LogP contribution in [0.3, 0.4) is 0 Å². The second-order valence-electron chi connectivity index (χ2n) is 3.30. The highest BCUT2D eigenvalue weighted by Gasteiger charge is 2.04. The zero-order valence-corrected chi connectivity index (χ0v) is 8.23. The normalized spacial score (nSPS) is 10.4. The predicted octanol–water partition coefficient (Wildman–Crippen LogP) is 2.02. The highest BCUT2D eigenvalue weighted by Crippen LogP contribution is 2.09. The monoisotopic (exact) mass is 222 g/mol. The Morgan fingerprint density at radius 1 is 1.25 bits per heavy atom. The lowest BCUT2D eigenvalue weighted by Gasteiger charge is -2.02. The van der Waals surface area contributed by atoms with Crippen LogP contribution in [-0.2, 0) is 6.54 Å². The molecule has 0 aliphatic rings. The second kappa shape index (κ2) is 4.22. The number of halogens is 2. The Morgan fingerprint density at radius 3 is 2.69 bits per heavy atom. The molecule has 2 aromatic rings. The maximum absolute atomic E-state index is 12.9. The molecule has 0 amide bonds. The van der Waals surface area contributed by atoms with E-state index in [-0.39, 0.29) is 0 Å². The molecule has 0 N–H and O–H groups in total. The topological polar surface area (TPSA) is 34.9 Å². The number of rotatable bonds is 3. The molecule has 82 valence electrons. The van der Waals surface area contributed by atoms with Gasteiger partial charge in [-0.05, 0) is 23.8 Å². The van der Waals surface area contributed by atoms with Crippen molar-refractivity contribution >= 4 is 6.29 Å². The number of hydrogen-bond donors (Lipinski definition) is 0. The van der Waals surface area contributed by atoms with Gasteiger partial charge in [-0.3, -0.25) is 9.48 Å². The fraction of sp³-hybridized carbons (Fsp3) is 0.0909. The van der Waals surface area contributed by atoms with Crippen LogP contribution in [0.15, 0.2) is 30.5 Å². The number of nitrogens with zero attached hydrogens (tertiary/aromatic N) is 2. The predicted molar refractivity (Wildman–Crippen MR) is 53.1 cm³/mol. The molecule has 0 atom stereocenters. The van der Waals surface area contributed by atoms with Gasteiger partial charge in [0.05, 0.1) is 6.54 Å². The molecule has 0 spiro atoms. The first-order valence-electron chi connectivity index (χ1n) is 4.61. The lowest BCUT2D eigenvalue weighted by Crippen LogP contribution is -2.01. The second-order valence-corrected chi connectivity index (χ2v) is 3.30. The minimum absolute atomic E-state index is 0.297. The van der Waals surface area contributed by atoms with Crippen LogP contribution in [0, 0.1) is 11.6 Å². The van der Waals surface area contributed by atoms with Crippen molar-refractivity contribution < 1.29 is 13.6 Å². The molecule has 3 nitrogen and oxygen atoms in total. The van der Waals surface area contributed by atoms with E-state index in [1.807, 2.05) is 0 Å². The average Bonchev–Trinajstić information content (AvgIpc) is 2.71. The molecule has 1 aromatic carbocycles. The Hall–Kier alpha value is -2.04. The van der Waals surface area contributed by atoms with E-state index in [9.17, 15) is 13.6 Å². The highest BCUT2D eigenvalue weighted by molar-refractivity contribution is 5.71. The maximum atomic E-state index is 12.9. The Morgan fingerprint density at radius 2 is 2.06 bits per heavy atom. The van der Waals surface area contributed by atoms with Crippen LogP contribution < -0.4 is 0 Å². The lowest BCUT2D eigenvalue weighted by molar-refractivity contribution is 0.111. The van der Waals surface area contributed by atoms with E-state index in [1.165, 1.54) is 10.7 Å². The number of aromatic nitrogens is 2. The number of hydrogen-bond acceptors (Lipinski definition) is 2. The molecule has 1 heterocycles. The molecule has 0 saturated carbocycles. The fourth-order valence-electron chi connectivity index (χ4n) is 1.35. The molecule has 5 heteroatoms. The van der Waals surface area contributed by atoms with E-state index in [1.54, 1.807) is 12.3 Å². The van der Waals surface area contributed by atoms with E-state index < -0.39 is 11.6 Å². The molecule has 0 unspecified atom stereocenters. The molecule has 0 saturated heterocycles. The molecule has 1 aromatic heterocycles. The van der Waals surface area contributed by atoms with Crippen molar-refractivity contribution in [2.75, 3.05) is 0 Å². The molecule has 0 aliphatic heterocycles. The molecule has 0 aliphatic carbocycles. The summed E-state index contributed by atoms with van der Waals surface area (Å²) in [5.74, 6) is -1.77. The van der Waals surface area contributed by atoms with Crippen LogP contribution in [0.1, 0.15) is 16.1 Å². The van der Waals surface area contributed by atoms with Crippen molar-refractivity contribution in [3.8, 4) is 0 Å². The van der Waals surface area contributed by atoms with Gasteiger partial charge >= 0.3 is 0 Å². The van der Waals surface area contributed by atoms with Crippen molar-refractivity contribution in [2.45, 2.75) is 6.54 Å². The first kappa shape index (κ1) is 10.5. The molecule has 2 rings (SSSR count). The van der Waals surface area contributed by atoms with E-state index in [2.05, 4.69) is 5.10 Å². The minimum atomic E-state index is -0.889. The Bertz CT molecular complexity index is 522. The summed E-state index contributed by atoms with van der Waals surface area (Å²) in [7, 11) is 0. The summed E-state index contributed by atoms with van der Waals surface area (Å²) >= 11 is 0. The third kappa shape index (κ3) is 2.13. The number of aldehydes is 1. The van der Waals surface area contributed by atoms with Gasteiger partial charge in [-0.15, -0.1) is 0 Å². The minimum Gasteiger partial charge on any atom is -0.296 e. The summed E-state index contributed by atoms with van der Waals surface area (Å²) in [5.41, 5.74) is 0.891. The molecule has 16 heavy (non-hydrogen) atoms. The molecular weight excluding hydrogens is 214 g/mol. The van der Waals surface area contributed by atoms with Crippen molar-refractivity contribution in [1.82, 2.24) is 9.78 Å². The van der Waals surface area contributed by atoms with E-state index in [0.717, 1.165) is 12.1 Å². The summed E-state index contributed by atoms with van der Waals surface area (Å²) in [6.07, 6.45) is 2.23. The van der Waals surface area contributed by atoms with Crippen LogP contribution in [0.2, 0.25) is 0 Å². The maximum Gasteiger partial charge on any atom is 0.170 e. The summed E-state index contributed by atoms with van der Waals surface area (Å²) in [6.45, 7) is 0.297. The van der Waals surface area contributed by atoms with Crippen molar-refractivity contribution in [3.05, 3.63) is 53.4 Å². The molecule has 0 bridgehead atoms.